The van der Waals surface area contributed by atoms with Crippen molar-refractivity contribution in [1.82, 2.24) is 0 Å². The van der Waals surface area contributed by atoms with Gasteiger partial charge in [-0.25, -0.2) is 4.57 Å². The molecule has 142 valence electrons. The normalized spacial score (nSPS) is 12.8. The van der Waals surface area contributed by atoms with Crippen molar-refractivity contribution in [3.05, 3.63) is 29.8 Å². The van der Waals surface area contributed by atoms with E-state index in [1.54, 1.807) is 6.07 Å². The van der Waals surface area contributed by atoms with Crippen LogP contribution in [-0.2, 0) is 20.3 Å². The summed E-state index contributed by atoms with van der Waals surface area (Å²) in [6, 6.07) is 6.35. The highest BCUT2D eigenvalue weighted by molar-refractivity contribution is 7.46. The van der Waals surface area contributed by atoms with Gasteiger partial charge >= 0.3 is 7.82 Å². The Kier molecular flexibility index (Phi) is 9.93. The van der Waals surface area contributed by atoms with Gasteiger partial charge in [0, 0.05) is 5.69 Å². The number of unbranched alkanes of at least 4 members (excludes halogenated alkanes) is 5. The second-order valence-electron chi connectivity index (χ2n) is 6.10. The van der Waals surface area contributed by atoms with Crippen LogP contribution in [0, 0.1) is 0 Å². The maximum Gasteiger partial charge on any atom is 0.469 e. The summed E-state index contributed by atoms with van der Waals surface area (Å²) in [5, 5.41) is 2.64. The third-order valence-electron chi connectivity index (χ3n) is 3.77. The van der Waals surface area contributed by atoms with Crippen LogP contribution < -0.4 is 11.1 Å². The summed E-state index contributed by atoms with van der Waals surface area (Å²) in [6.07, 6.45) is 8.30. The van der Waals surface area contributed by atoms with Crippen LogP contribution in [0.2, 0.25) is 0 Å². The number of hydrogen-bond acceptors (Lipinski definition) is 4. The lowest BCUT2D eigenvalue weighted by atomic mass is 10.0. The average Bonchev–Trinajstić information content (AvgIpc) is 2.55. The van der Waals surface area contributed by atoms with Crippen LogP contribution in [-0.4, -0.2) is 28.3 Å². The molecular weight excluding hydrogens is 343 g/mol. The minimum atomic E-state index is -4.63. The fourth-order valence-electron chi connectivity index (χ4n) is 2.40. The van der Waals surface area contributed by atoms with E-state index in [1.807, 2.05) is 18.2 Å². The molecule has 1 aromatic rings. The number of carbonyl (C=O) groups excluding carboxylic acids is 1. The smallest absolute Gasteiger partial charge is 0.325 e. The lowest BCUT2D eigenvalue weighted by Crippen LogP contribution is -2.39. The molecule has 0 saturated heterocycles. The van der Waals surface area contributed by atoms with Crippen LogP contribution in [0.1, 0.15) is 51.0 Å². The summed E-state index contributed by atoms with van der Waals surface area (Å²) in [6.45, 7) is 1.65. The molecule has 0 saturated carbocycles. The van der Waals surface area contributed by atoms with E-state index >= 15 is 0 Å². The van der Waals surface area contributed by atoms with Crippen molar-refractivity contribution < 1.29 is 23.7 Å². The second kappa shape index (κ2) is 11.4. The van der Waals surface area contributed by atoms with Crippen molar-refractivity contribution in [2.24, 2.45) is 5.73 Å². The third-order valence-corrected chi connectivity index (χ3v) is 4.26. The van der Waals surface area contributed by atoms with Gasteiger partial charge in [-0.15, -0.1) is 0 Å². The van der Waals surface area contributed by atoms with E-state index in [4.69, 9.17) is 15.5 Å². The largest absolute Gasteiger partial charge is 0.469 e. The van der Waals surface area contributed by atoms with Gasteiger partial charge in [0.15, 0.2) is 0 Å². The molecule has 8 heteroatoms. The highest BCUT2D eigenvalue weighted by Crippen LogP contribution is 2.35. The van der Waals surface area contributed by atoms with E-state index in [0.29, 0.717) is 5.69 Å². The Morgan fingerprint density at radius 3 is 2.60 bits per heavy atom. The second-order valence-corrected chi connectivity index (χ2v) is 7.34. The van der Waals surface area contributed by atoms with Crippen LogP contribution in [0.25, 0.3) is 0 Å². The summed E-state index contributed by atoms with van der Waals surface area (Å²) in [4.78, 5) is 29.2. The van der Waals surface area contributed by atoms with Crippen molar-refractivity contribution in [3.63, 3.8) is 0 Å². The first kappa shape index (κ1) is 21.8. The summed E-state index contributed by atoms with van der Waals surface area (Å²) < 4.78 is 14.9. The molecule has 0 spiro atoms. The molecular formula is C17H29N2O5P. The zero-order valence-electron chi connectivity index (χ0n) is 14.7. The average molecular weight is 372 g/mol. The molecule has 0 radical (unpaired) electrons. The molecule has 1 atom stereocenters. The number of carbonyl (C=O) groups is 1. The van der Waals surface area contributed by atoms with Crippen LogP contribution >= 0.6 is 7.82 Å². The van der Waals surface area contributed by atoms with Gasteiger partial charge in [-0.3, -0.25) is 9.32 Å². The number of nitrogens with one attached hydrogen (secondary N) is 1. The van der Waals surface area contributed by atoms with Gasteiger partial charge in [0.1, 0.15) is 6.04 Å². The monoisotopic (exact) mass is 372 g/mol. The quantitative estimate of drug-likeness (QED) is 0.330. The molecule has 0 heterocycles. The minimum Gasteiger partial charge on any atom is -0.325 e. The number of amides is 1. The molecule has 1 rings (SSSR count). The van der Waals surface area contributed by atoms with Crippen molar-refractivity contribution in [2.75, 3.05) is 11.9 Å². The zero-order chi connectivity index (χ0) is 18.7. The summed E-state index contributed by atoms with van der Waals surface area (Å²) in [5.74, 6) is -0.551. The molecule has 0 aliphatic rings. The maximum absolute atomic E-state index is 11.9. The van der Waals surface area contributed by atoms with Gasteiger partial charge in [-0.1, -0.05) is 51.2 Å². The number of anilines is 1. The fourth-order valence-corrected chi connectivity index (χ4v) is 2.76. The molecule has 0 aromatic heterocycles. The molecule has 25 heavy (non-hydrogen) atoms. The number of aryl methyl sites for hydroxylation is 1. The SMILES string of the molecule is CCCCCCCCc1cccc(NC(=O)[C@@H](N)COP(=O)(O)O)c1. The van der Waals surface area contributed by atoms with Crippen molar-refractivity contribution >= 4 is 19.4 Å². The lowest BCUT2D eigenvalue weighted by molar-refractivity contribution is -0.118. The molecule has 0 unspecified atom stereocenters. The predicted octanol–water partition coefficient (Wildman–Crippen LogP) is 2.96. The Bertz CT molecular complexity index is 576. The number of nitrogens with two attached hydrogens (primary N) is 1. The Balaban J connectivity index is 2.41. The van der Waals surface area contributed by atoms with E-state index in [0.717, 1.165) is 18.4 Å². The molecule has 0 bridgehead atoms. The Labute approximate surface area is 149 Å². The van der Waals surface area contributed by atoms with Gasteiger partial charge in [-0.05, 0) is 30.5 Å². The topological polar surface area (TPSA) is 122 Å². The van der Waals surface area contributed by atoms with Gasteiger partial charge in [0.2, 0.25) is 5.91 Å². The fraction of sp³-hybridized carbons (Fsp3) is 0.588. The molecule has 5 N–H and O–H groups in total. The Morgan fingerprint density at radius 1 is 1.24 bits per heavy atom. The van der Waals surface area contributed by atoms with E-state index in [2.05, 4.69) is 16.8 Å². The molecule has 0 aliphatic carbocycles. The van der Waals surface area contributed by atoms with Gasteiger partial charge in [0.25, 0.3) is 0 Å². The zero-order valence-corrected chi connectivity index (χ0v) is 15.6. The highest BCUT2D eigenvalue weighted by Gasteiger charge is 2.20. The molecule has 7 nitrogen and oxygen atoms in total. The number of phosphoric acid groups is 1. The summed E-state index contributed by atoms with van der Waals surface area (Å²) in [7, 11) is -4.63. The lowest BCUT2D eigenvalue weighted by Gasteiger charge is -2.13. The molecule has 0 fully saturated rings. The van der Waals surface area contributed by atoms with Crippen molar-refractivity contribution in [1.29, 1.82) is 0 Å². The minimum absolute atomic E-state index is 0.548. The molecule has 1 aromatic carbocycles. The standard InChI is InChI=1S/C17H29N2O5P/c1-2-3-4-5-6-7-9-14-10-8-11-15(12-14)19-17(20)16(18)13-24-25(21,22)23/h8,10-12,16H,2-7,9,13,18H2,1H3,(H,19,20)(H2,21,22,23)/t16-/m0/s1. The Hall–Kier alpha value is -1.24. The summed E-state index contributed by atoms with van der Waals surface area (Å²) >= 11 is 0. The van der Waals surface area contributed by atoms with Gasteiger partial charge < -0.3 is 20.8 Å². The van der Waals surface area contributed by atoms with Crippen LogP contribution in [0.5, 0.6) is 0 Å². The van der Waals surface area contributed by atoms with Crippen molar-refractivity contribution in [2.45, 2.75) is 57.9 Å². The first-order valence-electron chi connectivity index (χ1n) is 8.67. The van der Waals surface area contributed by atoms with Crippen LogP contribution in [0.15, 0.2) is 24.3 Å². The highest BCUT2D eigenvalue weighted by atomic mass is 31.2. The maximum atomic E-state index is 11.9. The number of hydrogen-bond donors (Lipinski definition) is 4. The van der Waals surface area contributed by atoms with Crippen molar-refractivity contribution in [3.8, 4) is 0 Å². The molecule has 0 aliphatic heterocycles. The van der Waals surface area contributed by atoms with Crippen LogP contribution in [0.4, 0.5) is 5.69 Å². The number of phosphoric ester groups is 1. The number of benzene rings is 1. The summed E-state index contributed by atoms with van der Waals surface area (Å²) in [5.41, 5.74) is 7.31. The van der Waals surface area contributed by atoms with Gasteiger partial charge in [-0.2, -0.15) is 0 Å². The van der Waals surface area contributed by atoms with E-state index in [-0.39, 0.29) is 0 Å². The van der Waals surface area contributed by atoms with Crippen LogP contribution in [0.3, 0.4) is 0 Å². The molecule has 1 amide bonds. The number of rotatable bonds is 12. The van der Waals surface area contributed by atoms with E-state index in [1.165, 1.54) is 32.1 Å². The van der Waals surface area contributed by atoms with E-state index in [9.17, 15) is 9.36 Å². The first-order chi connectivity index (χ1) is 11.8. The predicted molar refractivity (Wildman–Crippen MR) is 98.1 cm³/mol. The first-order valence-corrected chi connectivity index (χ1v) is 10.2. The Morgan fingerprint density at radius 2 is 1.92 bits per heavy atom. The third kappa shape index (κ3) is 10.4. The van der Waals surface area contributed by atoms with Gasteiger partial charge in [0.05, 0.1) is 6.61 Å². The van der Waals surface area contributed by atoms with E-state index < -0.39 is 26.4 Å².